The Morgan fingerprint density at radius 2 is 2.00 bits per heavy atom. The third-order valence-electron chi connectivity index (χ3n) is 2.08. The lowest BCUT2D eigenvalue weighted by atomic mass is 10.2. The highest BCUT2D eigenvalue weighted by molar-refractivity contribution is 6.17. The van der Waals surface area contributed by atoms with Crippen molar-refractivity contribution in [1.82, 2.24) is 10.2 Å². The van der Waals surface area contributed by atoms with Crippen molar-refractivity contribution in [2.24, 2.45) is 0 Å². The van der Waals surface area contributed by atoms with E-state index in [-0.39, 0.29) is 0 Å². The first-order valence-corrected chi connectivity index (χ1v) is 5.53. The summed E-state index contributed by atoms with van der Waals surface area (Å²) in [5.41, 5.74) is 2.13. The van der Waals surface area contributed by atoms with Crippen LogP contribution in [-0.4, -0.2) is 16.1 Å². The molecular formula is C11H12ClN3O. The van der Waals surface area contributed by atoms with Gasteiger partial charge in [-0.15, -0.1) is 16.7 Å². The average Bonchev–Trinajstić information content (AvgIpc) is 2.70. The number of nitrogens with zero attached hydrogens (tertiary/aromatic N) is 2. The Balaban J connectivity index is 2.05. The number of rotatable bonds is 4. The van der Waals surface area contributed by atoms with Crippen molar-refractivity contribution < 1.29 is 4.42 Å². The zero-order valence-corrected chi connectivity index (χ0v) is 9.66. The van der Waals surface area contributed by atoms with Crippen molar-refractivity contribution in [3.05, 3.63) is 35.7 Å². The second kappa shape index (κ2) is 4.99. The van der Waals surface area contributed by atoms with E-state index in [9.17, 15) is 0 Å². The molecule has 4 nitrogen and oxygen atoms in total. The maximum Gasteiger partial charge on any atom is 0.320 e. The van der Waals surface area contributed by atoms with E-state index in [0.29, 0.717) is 24.2 Å². The van der Waals surface area contributed by atoms with Crippen molar-refractivity contribution in [3.63, 3.8) is 0 Å². The fourth-order valence-corrected chi connectivity index (χ4v) is 1.41. The van der Waals surface area contributed by atoms with Gasteiger partial charge in [0, 0.05) is 18.0 Å². The number of aromatic nitrogens is 2. The summed E-state index contributed by atoms with van der Waals surface area (Å²) in [7, 11) is 0. The van der Waals surface area contributed by atoms with Crippen LogP contribution in [0.4, 0.5) is 11.7 Å². The Labute approximate surface area is 98.6 Å². The van der Waals surface area contributed by atoms with Gasteiger partial charge in [-0.1, -0.05) is 22.8 Å². The highest BCUT2D eigenvalue weighted by atomic mass is 35.5. The first kappa shape index (κ1) is 11.0. The zero-order chi connectivity index (χ0) is 11.4. The minimum Gasteiger partial charge on any atom is -0.408 e. The first-order valence-electron chi connectivity index (χ1n) is 5.00. The lowest BCUT2D eigenvalue weighted by Gasteiger charge is -2.00. The smallest absolute Gasteiger partial charge is 0.320 e. The second-order valence-corrected chi connectivity index (χ2v) is 3.81. The van der Waals surface area contributed by atoms with E-state index in [0.717, 1.165) is 5.69 Å². The van der Waals surface area contributed by atoms with Gasteiger partial charge in [-0.05, 0) is 19.1 Å². The second-order valence-electron chi connectivity index (χ2n) is 3.43. The maximum absolute atomic E-state index is 5.57. The number of anilines is 2. The van der Waals surface area contributed by atoms with Gasteiger partial charge in [0.25, 0.3) is 0 Å². The number of nitrogens with one attached hydrogen (secondary N) is 1. The molecule has 0 fully saturated rings. The molecule has 0 bridgehead atoms. The molecule has 0 aliphatic carbocycles. The van der Waals surface area contributed by atoms with Crippen molar-refractivity contribution in [1.29, 1.82) is 0 Å². The van der Waals surface area contributed by atoms with E-state index in [1.54, 1.807) is 0 Å². The molecule has 5 heteroatoms. The molecule has 1 aromatic carbocycles. The van der Waals surface area contributed by atoms with Gasteiger partial charge >= 0.3 is 6.01 Å². The standard InChI is InChI=1S/C11H12ClN3O/c1-8-2-4-9(5-3-8)13-11-15-14-10(16-11)6-7-12/h2-5H,6-7H2,1H3,(H,13,15). The van der Waals surface area contributed by atoms with Gasteiger partial charge in [0.2, 0.25) is 5.89 Å². The van der Waals surface area contributed by atoms with Gasteiger partial charge in [0.1, 0.15) is 0 Å². The van der Waals surface area contributed by atoms with Crippen LogP contribution in [0.2, 0.25) is 0 Å². The van der Waals surface area contributed by atoms with E-state index in [1.807, 2.05) is 31.2 Å². The summed E-state index contributed by atoms with van der Waals surface area (Å²) in [5.74, 6) is 1.02. The van der Waals surface area contributed by atoms with Crippen LogP contribution in [0.15, 0.2) is 28.7 Å². The highest BCUT2D eigenvalue weighted by Gasteiger charge is 2.04. The normalized spacial score (nSPS) is 10.4. The summed E-state index contributed by atoms with van der Waals surface area (Å²) in [5, 5.41) is 10.7. The predicted octanol–water partition coefficient (Wildman–Crippen LogP) is 2.90. The molecule has 0 saturated carbocycles. The Morgan fingerprint density at radius 1 is 1.25 bits per heavy atom. The SMILES string of the molecule is Cc1ccc(Nc2nnc(CCCl)o2)cc1. The fraction of sp³-hybridized carbons (Fsp3) is 0.273. The summed E-state index contributed by atoms with van der Waals surface area (Å²) >= 11 is 5.57. The van der Waals surface area contributed by atoms with E-state index in [1.165, 1.54) is 5.56 Å². The van der Waals surface area contributed by atoms with E-state index in [2.05, 4.69) is 15.5 Å². The minimum absolute atomic E-state index is 0.393. The molecule has 0 amide bonds. The summed E-state index contributed by atoms with van der Waals surface area (Å²) in [6, 6.07) is 8.34. The van der Waals surface area contributed by atoms with E-state index < -0.39 is 0 Å². The van der Waals surface area contributed by atoms with Crippen LogP contribution in [0.3, 0.4) is 0 Å². The molecule has 2 aromatic rings. The third-order valence-corrected chi connectivity index (χ3v) is 2.27. The Kier molecular flexibility index (Phi) is 3.41. The molecule has 0 aliphatic rings. The minimum atomic E-state index is 0.393. The van der Waals surface area contributed by atoms with Crippen LogP contribution in [-0.2, 0) is 6.42 Å². The molecule has 0 atom stereocenters. The van der Waals surface area contributed by atoms with Crippen LogP contribution in [0.25, 0.3) is 0 Å². The van der Waals surface area contributed by atoms with E-state index >= 15 is 0 Å². The number of benzene rings is 1. The molecule has 16 heavy (non-hydrogen) atoms. The molecule has 84 valence electrons. The molecule has 0 radical (unpaired) electrons. The van der Waals surface area contributed by atoms with Gasteiger partial charge in [0.05, 0.1) is 0 Å². The molecule has 0 unspecified atom stereocenters. The molecule has 1 heterocycles. The summed E-state index contributed by atoms with van der Waals surface area (Å²) in [6.45, 7) is 2.04. The summed E-state index contributed by atoms with van der Waals surface area (Å²) in [6.07, 6.45) is 0.587. The Bertz CT molecular complexity index is 453. The van der Waals surface area contributed by atoms with Crippen molar-refractivity contribution >= 4 is 23.3 Å². The number of hydrogen-bond acceptors (Lipinski definition) is 4. The largest absolute Gasteiger partial charge is 0.408 e. The van der Waals surface area contributed by atoms with Gasteiger partial charge in [-0.25, -0.2) is 0 Å². The maximum atomic E-state index is 5.57. The highest BCUT2D eigenvalue weighted by Crippen LogP contribution is 2.15. The molecule has 0 aliphatic heterocycles. The van der Waals surface area contributed by atoms with Crippen molar-refractivity contribution in [2.75, 3.05) is 11.2 Å². The molecule has 2 rings (SSSR count). The van der Waals surface area contributed by atoms with E-state index in [4.69, 9.17) is 16.0 Å². The topological polar surface area (TPSA) is 51.0 Å². The number of hydrogen-bond donors (Lipinski definition) is 1. The average molecular weight is 238 g/mol. The molecule has 0 spiro atoms. The Morgan fingerprint density at radius 3 is 2.69 bits per heavy atom. The summed E-state index contributed by atoms with van der Waals surface area (Å²) in [4.78, 5) is 0. The van der Waals surface area contributed by atoms with Crippen LogP contribution in [0, 0.1) is 6.92 Å². The molecular weight excluding hydrogens is 226 g/mol. The number of alkyl halides is 1. The quantitative estimate of drug-likeness (QED) is 0.831. The summed E-state index contributed by atoms with van der Waals surface area (Å²) < 4.78 is 5.34. The van der Waals surface area contributed by atoms with Crippen LogP contribution in [0.5, 0.6) is 0 Å². The lowest BCUT2D eigenvalue weighted by molar-refractivity contribution is 0.516. The van der Waals surface area contributed by atoms with Crippen LogP contribution < -0.4 is 5.32 Å². The zero-order valence-electron chi connectivity index (χ0n) is 8.90. The fourth-order valence-electron chi connectivity index (χ4n) is 1.25. The Hall–Kier alpha value is -1.55. The van der Waals surface area contributed by atoms with Gasteiger partial charge in [-0.3, -0.25) is 0 Å². The van der Waals surface area contributed by atoms with Gasteiger partial charge in [-0.2, -0.15) is 0 Å². The molecule has 1 N–H and O–H groups in total. The molecule has 0 saturated heterocycles. The predicted molar refractivity (Wildman–Crippen MR) is 63.2 cm³/mol. The van der Waals surface area contributed by atoms with Crippen LogP contribution in [0.1, 0.15) is 11.5 Å². The van der Waals surface area contributed by atoms with Gasteiger partial charge < -0.3 is 9.73 Å². The van der Waals surface area contributed by atoms with Gasteiger partial charge in [0.15, 0.2) is 0 Å². The van der Waals surface area contributed by atoms with Crippen molar-refractivity contribution in [3.8, 4) is 0 Å². The lowest BCUT2D eigenvalue weighted by Crippen LogP contribution is -1.89. The van der Waals surface area contributed by atoms with Crippen LogP contribution >= 0.6 is 11.6 Å². The first-order chi connectivity index (χ1) is 7.78. The number of aryl methyl sites for hydroxylation is 2. The monoisotopic (exact) mass is 237 g/mol. The third kappa shape index (κ3) is 2.73. The number of halogens is 1. The molecule has 1 aromatic heterocycles. The van der Waals surface area contributed by atoms with Crippen molar-refractivity contribution in [2.45, 2.75) is 13.3 Å².